The van der Waals surface area contributed by atoms with E-state index in [0.717, 1.165) is 16.7 Å². The molecule has 0 saturated carbocycles. The van der Waals surface area contributed by atoms with E-state index in [0.29, 0.717) is 0 Å². The molecular formula is C9H12N2O5S. The van der Waals surface area contributed by atoms with Crippen molar-refractivity contribution >= 4 is 34.8 Å². The van der Waals surface area contributed by atoms with Gasteiger partial charge >= 0.3 is 5.97 Å². The lowest BCUT2D eigenvalue weighted by Gasteiger charge is -2.12. The van der Waals surface area contributed by atoms with Crippen LogP contribution < -0.4 is 5.32 Å². The monoisotopic (exact) mass is 260 g/mol. The zero-order valence-corrected chi connectivity index (χ0v) is 9.79. The van der Waals surface area contributed by atoms with Crippen LogP contribution in [0.3, 0.4) is 0 Å². The molecule has 0 bridgehead atoms. The van der Waals surface area contributed by atoms with Gasteiger partial charge in [0.25, 0.3) is 5.24 Å². The summed E-state index contributed by atoms with van der Waals surface area (Å²) in [5, 5.41) is 10.5. The maximum atomic E-state index is 11.2. The number of nitrogens with zero attached hydrogens (tertiary/aromatic N) is 1. The molecule has 1 saturated heterocycles. The van der Waals surface area contributed by atoms with Crippen molar-refractivity contribution in [2.24, 2.45) is 0 Å². The van der Waals surface area contributed by atoms with Gasteiger partial charge in [0.2, 0.25) is 11.8 Å². The third-order valence-electron chi connectivity index (χ3n) is 2.06. The van der Waals surface area contributed by atoms with Gasteiger partial charge in [-0.05, 0) is 0 Å². The number of carboxylic acid groups (broad SMARTS) is 1. The molecule has 1 aliphatic rings. The second-order valence-electron chi connectivity index (χ2n) is 3.34. The highest BCUT2D eigenvalue weighted by molar-refractivity contribution is 8.14. The number of hydrogen-bond acceptors (Lipinski definition) is 5. The number of imide groups is 1. The van der Waals surface area contributed by atoms with Gasteiger partial charge in [0.1, 0.15) is 0 Å². The zero-order valence-electron chi connectivity index (χ0n) is 8.97. The van der Waals surface area contributed by atoms with E-state index in [1.807, 2.05) is 0 Å². The molecule has 0 aromatic heterocycles. The van der Waals surface area contributed by atoms with Crippen LogP contribution in [-0.2, 0) is 14.4 Å². The lowest BCUT2D eigenvalue weighted by atomic mass is 10.3. The lowest BCUT2D eigenvalue weighted by Crippen LogP contribution is -2.37. The van der Waals surface area contributed by atoms with Crippen molar-refractivity contribution in [3.63, 3.8) is 0 Å². The Kier molecular flexibility index (Phi) is 4.95. The van der Waals surface area contributed by atoms with Crippen LogP contribution in [-0.4, -0.2) is 51.9 Å². The van der Waals surface area contributed by atoms with Crippen molar-refractivity contribution in [2.45, 2.75) is 12.8 Å². The molecule has 1 rings (SSSR count). The van der Waals surface area contributed by atoms with E-state index in [9.17, 15) is 19.2 Å². The van der Waals surface area contributed by atoms with Crippen molar-refractivity contribution in [2.75, 3.05) is 18.8 Å². The first-order valence-corrected chi connectivity index (χ1v) is 5.95. The predicted octanol–water partition coefficient (Wildman–Crippen LogP) is -0.337. The molecule has 94 valence electrons. The average Bonchev–Trinajstić information content (AvgIpc) is 2.57. The summed E-state index contributed by atoms with van der Waals surface area (Å²) in [7, 11) is 0. The van der Waals surface area contributed by atoms with Crippen LogP contribution in [0.5, 0.6) is 0 Å². The molecule has 0 aliphatic carbocycles. The Hall–Kier alpha value is -1.57. The molecule has 8 heteroatoms. The van der Waals surface area contributed by atoms with Gasteiger partial charge in [-0.25, -0.2) is 0 Å². The molecular weight excluding hydrogens is 248 g/mol. The second-order valence-corrected chi connectivity index (χ2v) is 4.27. The molecule has 2 N–H and O–H groups in total. The van der Waals surface area contributed by atoms with Crippen molar-refractivity contribution in [3.8, 4) is 0 Å². The number of rotatable bonds is 6. The van der Waals surface area contributed by atoms with Gasteiger partial charge in [-0.2, -0.15) is 0 Å². The van der Waals surface area contributed by atoms with Crippen molar-refractivity contribution in [1.29, 1.82) is 0 Å². The van der Waals surface area contributed by atoms with Crippen LogP contribution in [0.1, 0.15) is 12.8 Å². The van der Waals surface area contributed by atoms with Crippen LogP contribution in [0.2, 0.25) is 0 Å². The summed E-state index contributed by atoms with van der Waals surface area (Å²) < 4.78 is 0. The summed E-state index contributed by atoms with van der Waals surface area (Å²) in [6.07, 6.45) is -0.338. The first-order chi connectivity index (χ1) is 8.00. The number of carbonyl (C=O) groups excluding carboxylic acids is 3. The Bertz CT molecular complexity index is 341. The number of nitrogens with one attached hydrogen (secondary N) is 1. The minimum atomic E-state index is -1.04. The summed E-state index contributed by atoms with van der Waals surface area (Å²) in [5.74, 6) is -1.56. The Morgan fingerprint density at radius 3 is 2.59 bits per heavy atom. The molecule has 3 amide bonds. The second kappa shape index (κ2) is 6.24. The number of carboxylic acids is 1. The van der Waals surface area contributed by atoms with Crippen LogP contribution in [0.25, 0.3) is 0 Å². The summed E-state index contributed by atoms with van der Waals surface area (Å²) in [6.45, 7) is 0.278. The Morgan fingerprint density at radius 2 is 2.06 bits per heavy atom. The van der Waals surface area contributed by atoms with E-state index in [1.165, 1.54) is 0 Å². The van der Waals surface area contributed by atoms with Gasteiger partial charge in [-0.3, -0.25) is 24.1 Å². The Morgan fingerprint density at radius 1 is 1.35 bits per heavy atom. The summed E-state index contributed by atoms with van der Waals surface area (Å²) in [4.78, 5) is 44.7. The Balaban J connectivity index is 2.19. The molecule has 0 aromatic rings. The smallest absolute Gasteiger partial charge is 0.303 e. The lowest BCUT2D eigenvalue weighted by molar-refractivity contribution is -0.138. The fourth-order valence-corrected chi connectivity index (χ4v) is 1.96. The summed E-state index contributed by atoms with van der Waals surface area (Å²) >= 11 is 0.934. The Labute approximate surface area is 102 Å². The van der Waals surface area contributed by atoms with Crippen LogP contribution in [0, 0.1) is 0 Å². The molecule has 17 heavy (non-hydrogen) atoms. The number of aliphatic carboxylic acids is 1. The summed E-state index contributed by atoms with van der Waals surface area (Å²) in [5.41, 5.74) is 0. The molecule has 0 spiro atoms. The molecule has 0 atom stereocenters. The first kappa shape index (κ1) is 13.5. The van der Waals surface area contributed by atoms with Gasteiger partial charge in [-0.1, -0.05) is 11.8 Å². The van der Waals surface area contributed by atoms with E-state index in [-0.39, 0.29) is 42.8 Å². The van der Waals surface area contributed by atoms with Gasteiger partial charge in [0.05, 0.1) is 12.2 Å². The van der Waals surface area contributed by atoms with E-state index >= 15 is 0 Å². The fourth-order valence-electron chi connectivity index (χ4n) is 1.21. The normalized spacial score (nSPS) is 15.2. The predicted molar refractivity (Wildman–Crippen MR) is 59.4 cm³/mol. The first-order valence-electron chi connectivity index (χ1n) is 4.96. The van der Waals surface area contributed by atoms with Crippen LogP contribution in [0.15, 0.2) is 0 Å². The van der Waals surface area contributed by atoms with Crippen LogP contribution >= 0.6 is 11.8 Å². The highest BCUT2D eigenvalue weighted by Gasteiger charge is 2.29. The van der Waals surface area contributed by atoms with E-state index in [4.69, 9.17) is 5.11 Å². The van der Waals surface area contributed by atoms with Gasteiger partial charge in [0, 0.05) is 19.5 Å². The maximum Gasteiger partial charge on any atom is 0.303 e. The van der Waals surface area contributed by atoms with Crippen LogP contribution in [0.4, 0.5) is 4.79 Å². The molecule has 0 radical (unpaired) electrons. The number of amides is 3. The third kappa shape index (κ3) is 4.43. The topological polar surface area (TPSA) is 104 Å². The SMILES string of the molecule is O=C(O)CCC(=O)NCCN1C(=O)CSC1=O. The molecule has 7 nitrogen and oxygen atoms in total. The minimum Gasteiger partial charge on any atom is -0.481 e. The maximum absolute atomic E-state index is 11.2. The highest BCUT2D eigenvalue weighted by Crippen LogP contribution is 2.17. The average molecular weight is 260 g/mol. The minimum absolute atomic E-state index is 0.105. The van der Waals surface area contributed by atoms with Gasteiger partial charge < -0.3 is 10.4 Å². The molecule has 1 fully saturated rings. The highest BCUT2D eigenvalue weighted by atomic mass is 32.2. The van der Waals surface area contributed by atoms with Crippen molar-refractivity contribution in [3.05, 3.63) is 0 Å². The zero-order chi connectivity index (χ0) is 12.8. The number of thioether (sulfide) groups is 1. The van der Waals surface area contributed by atoms with E-state index in [2.05, 4.69) is 5.32 Å². The molecule has 0 unspecified atom stereocenters. The van der Waals surface area contributed by atoms with Crippen molar-refractivity contribution in [1.82, 2.24) is 10.2 Å². The van der Waals surface area contributed by atoms with E-state index < -0.39 is 11.9 Å². The summed E-state index contributed by atoms with van der Waals surface area (Å²) in [6, 6.07) is 0. The molecule has 1 heterocycles. The van der Waals surface area contributed by atoms with Gasteiger partial charge in [0.15, 0.2) is 0 Å². The molecule has 0 aromatic carbocycles. The standard InChI is InChI=1S/C9H12N2O5S/c12-6(1-2-8(14)15)10-3-4-11-7(13)5-17-9(11)16/h1-5H2,(H,10,12)(H,14,15). The number of carbonyl (C=O) groups is 4. The number of hydrogen-bond donors (Lipinski definition) is 2. The fraction of sp³-hybridized carbons (Fsp3) is 0.556. The van der Waals surface area contributed by atoms with Gasteiger partial charge in [-0.15, -0.1) is 0 Å². The van der Waals surface area contributed by atoms with Crippen molar-refractivity contribution < 1.29 is 24.3 Å². The quantitative estimate of drug-likeness (QED) is 0.677. The molecule has 1 aliphatic heterocycles. The largest absolute Gasteiger partial charge is 0.481 e. The van der Waals surface area contributed by atoms with E-state index in [1.54, 1.807) is 0 Å². The third-order valence-corrected chi connectivity index (χ3v) is 2.92.